The topological polar surface area (TPSA) is 20.3 Å². The van der Waals surface area contributed by atoms with Crippen molar-refractivity contribution in [3.8, 4) is 0 Å². The van der Waals surface area contributed by atoms with Gasteiger partial charge in [0.15, 0.2) is 5.78 Å². The van der Waals surface area contributed by atoms with E-state index < -0.39 is 0 Å². The minimum absolute atomic E-state index is 0.153. The van der Waals surface area contributed by atoms with Gasteiger partial charge in [-0.3, -0.25) is 4.79 Å². The molecule has 2 heteroatoms. The highest BCUT2D eigenvalue weighted by Gasteiger charge is 2.06. The second-order valence-corrected chi connectivity index (χ2v) is 4.09. The van der Waals surface area contributed by atoms with E-state index in [1.165, 1.54) is 5.56 Å². The number of hydrogen-bond donors (Lipinski definition) is 0. The lowest BCUT2D eigenvalue weighted by atomic mass is 10.0. The van der Waals surface area contributed by atoms with Gasteiger partial charge in [-0.05, 0) is 26.3 Å². The number of allylic oxidation sites excluding steroid dienone is 1. The summed E-state index contributed by atoms with van der Waals surface area (Å²) < 4.78 is 0. The third-order valence-electron chi connectivity index (χ3n) is 2.84. The molecule has 92 valence electrons. The summed E-state index contributed by atoms with van der Waals surface area (Å²) in [5.74, 6) is 0.153. The number of hydrogen-bond acceptors (Lipinski definition) is 2. The van der Waals surface area contributed by atoms with Gasteiger partial charge < -0.3 is 4.90 Å². The molecule has 17 heavy (non-hydrogen) atoms. The molecule has 0 fully saturated rings. The minimum atomic E-state index is 0.153. The molecule has 0 aliphatic carbocycles. The molecule has 0 saturated carbocycles. The Morgan fingerprint density at radius 2 is 1.76 bits per heavy atom. The Kier molecular flexibility index (Phi) is 5.47. The van der Waals surface area contributed by atoms with E-state index in [2.05, 4.69) is 30.9 Å². The molecule has 0 aliphatic rings. The lowest BCUT2D eigenvalue weighted by Gasteiger charge is -2.17. The van der Waals surface area contributed by atoms with E-state index in [0.717, 1.165) is 18.7 Å². The third kappa shape index (κ3) is 4.43. The van der Waals surface area contributed by atoms with Crippen LogP contribution in [-0.4, -0.2) is 23.8 Å². The van der Waals surface area contributed by atoms with Crippen molar-refractivity contribution in [3.63, 3.8) is 0 Å². The first kappa shape index (κ1) is 13.5. The van der Waals surface area contributed by atoms with Gasteiger partial charge in [-0.15, -0.1) is 0 Å². The summed E-state index contributed by atoms with van der Waals surface area (Å²) in [5, 5.41) is 0. The van der Waals surface area contributed by atoms with Crippen molar-refractivity contribution in [1.29, 1.82) is 0 Å². The maximum atomic E-state index is 11.6. The van der Waals surface area contributed by atoms with Gasteiger partial charge in [0, 0.05) is 31.3 Å². The Bertz CT molecular complexity index is 377. The number of carbonyl (C=O) groups is 1. The predicted octanol–water partition coefficient (Wildman–Crippen LogP) is 3.04. The minimum Gasteiger partial charge on any atom is -0.378 e. The summed E-state index contributed by atoms with van der Waals surface area (Å²) in [7, 11) is 0. The van der Waals surface area contributed by atoms with Crippen LogP contribution in [0.5, 0.6) is 0 Å². The number of Topliss-reactive ketones (excluding diaryl/α,β-unsaturated/α-hetero) is 1. The molecule has 0 aromatic heterocycles. The zero-order valence-corrected chi connectivity index (χ0v) is 10.9. The number of nitrogens with zero attached hydrogens (tertiary/aromatic N) is 1. The Morgan fingerprint density at radius 1 is 1.18 bits per heavy atom. The maximum absolute atomic E-state index is 11.6. The Labute approximate surface area is 104 Å². The Morgan fingerprint density at radius 3 is 2.24 bits per heavy atom. The largest absolute Gasteiger partial charge is 0.378 e. The summed E-state index contributed by atoms with van der Waals surface area (Å²) in [5.41, 5.74) is 2.06. The molecule has 0 aliphatic heterocycles. The molecular formula is C15H21NO. The van der Waals surface area contributed by atoms with Crippen molar-refractivity contribution in [3.05, 3.63) is 47.7 Å². The molecule has 0 bridgehead atoms. The average Bonchev–Trinajstić information content (AvgIpc) is 2.35. The highest BCUT2D eigenvalue weighted by atomic mass is 16.1. The molecule has 0 spiro atoms. The maximum Gasteiger partial charge on any atom is 0.157 e. The van der Waals surface area contributed by atoms with Crippen LogP contribution in [0.3, 0.4) is 0 Å². The van der Waals surface area contributed by atoms with Crippen LogP contribution >= 0.6 is 0 Å². The molecule has 1 rings (SSSR count). The van der Waals surface area contributed by atoms with Crippen LogP contribution in [0.2, 0.25) is 0 Å². The van der Waals surface area contributed by atoms with Gasteiger partial charge in [0.05, 0.1) is 0 Å². The van der Waals surface area contributed by atoms with Crippen LogP contribution in [0.25, 0.3) is 0 Å². The van der Waals surface area contributed by atoms with Crippen LogP contribution < -0.4 is 0 Å². The third-order valence-corrected chi connectivity index (χ3v) is 2.84. The predicted molar refractivity (Wildman–Crippen MR) is 71.8 cm³/mol. The molecule has 0 amide bonds. The average molecular weight is 231 g/mol. The Hall–Kier alpha value is -1.57. The second-order valence-electron chi connectivity index (χ2n) is 4.09. The van der Waals surface area contributed by atoms with Crippen molar-refractivity contribution in [2.24, 2.45) is 0 Å². The number of benzene rings is 1. The molecule has 0 radical (unpaired) electrons. The molecule has 0 atom stereocenters. The van der Waals surface area contributed by atoms with Gasteiger partial charge in [0.1, 0.15) is 0 Å². The van der Waals surface area contributed by atoms with Crippen molar-refractivity contribution in [2.45, 2.75) is 27.2 Å². The van der Waals surface area contributed by atoms with Gasteiger partial charge in [0.25, 0.3) is 0 Å². The summed E-state index contributed by atoms with van der Waals surface area (Å²) >= 11 is 0. The summed E-state index contributed by atoms with van der Waals surface area (Å²) in [4.78, 5) is 13.8. The molecule has 0 heterocycles. The fourth-order valence-corrected chi connectivity index (χ4v) is 1.70. The standard InChI is InChI=1S/C15H21NO/c1-4-16(5-2)12-15(13(3)17)11-14-9-7-6-8-10-14/h6-10,12H,4-5,11H2,1-3H3/b15-12-. The Balaban J connectivity index is 2.84. The number of ketones is 1. The van der Waals surface area contributed by atoms with Crippen LogP contribution in [0.15, 0.2) is 42.1 Å². The molecule has 2 nitrogen and oxygen atoms in total. The van der Waals surface area contributed by atoms with E-state index in [1.54, 1.807) is 6.92 Å². The van der Waals surface area contributed by atoms with E-state index in [9.17, 15) is 4.79 Å². The lowest BCUT2D eigenvalue weighted by Crippen LogP contribution is -2.18. The van der Waals surface area contributed by atoms with Gasteiger partial charge in [-0.1, -0.05) is 30.3 Å². The first-order chi connectivity index (χ1) is 8.17. The summed E-state index contributed by atoms with van der Waals surface area (Å²) in [6.45, 7) is 7.70. The van der Waals surface area contributed by atoms with Gasteiger partial charge >= 0.3 is 0 Å². The van der Waals surface area contributed by atoms with Crippen molar-refractivity contribution >= 4 is 5.78 Å². The van der Waals surface area contributed by atoms with E-state index in [-0.39, 0.29) is 5.78 Å². The van der Waals surface area contributed by atoms with E-state index in [1.807, 2.05) is 24.4 Å². The quantitative estimate of drug-likeness (QED) is 0.701. The van der Waals surface area contributed by atoms with Crippen molar-refractivity contribution in [1.82, 2.24) is 4.90 Å². The zero-order valence-electron chi connectivity index (χ0n) is 10.9. The van der Waals surface area contributed by atoms with E-state index >= 15 is 0 Å². The highest BCUT2D eigenvalue weighted by molar-refractivity contribution is 5.93. The molecule has 1 aromatic rings. The first-order valence-electron chi connectivity index (χ1n) is 6.17. The lowest BCUT2D eigenvalue weighted by molar-refractivity contribution is -0.113. The van der Waals surface area contributed by atoms with Crippen LogP contribution in [-0.2, 0) is 11.2 Å². The molecule has 0 N–H and O–H groups in total. The monoisotopic (exact) mass is 231 g/mol. The molecular weight excluding hydrogens is 210 g/mol. The van der Waals surface area contributed by atoms with Gasteiger partial charge in [-0.2, -0.15) is 0 Å². The fourth-order valence-electron chi connectivity index (χ4n) is 1.70. The summed E-state index contributed by atoms with van der Waals surface area (Å²) in [6.07, 6.45) is 2.71. The van der Waals surface area contributed by atoms with Gasteiger partial charge in [0.2, 0.25) is 0 Å². The van der Waals surface area contributed by atoms with Crippen LogP contribution in [0.4, 0.5) is 0 Å². The smallest absolute Gasteiger partial charge is 0.157 e. The van der Waals surface area contributed by atoms with Crippen molar-refractivity contribution < 1.29 is 4.79 Å². The van der Waals surface area contributed by atoms with Gasteiger partial charge in [-0.25, -0.2) is 0 Å². The molecule has 0 saturated heterocycles. The molecule has 0 unspecified atom stereocenters. The number of rotatable bonds is 6. The van der Waals surface area contributed by atoms with Crippen LogP contribution in [0.1, 0.15) is 26.3 Å². The first-order valence-corrected chi connectivity index (χ1v) is 6.17. The molecule has 1 aromatic carbocycles. The number of carbonyl (C=O) groups excluding carboxylic acids is 1. The second kappa shape index (κ2) is 6.89. The fraction of sp³-hybridized carbons (Fsp3) is 0.400. The summed E-state index contributed by atoms with van der Waals surface area (Å²) in [6, 6.07) is 10.1. The van der Waals surface area contributed by atoms with E-state index in [0.29, 0.717) is 6.42 Å². The van der Waals surface area contributed by atoms with Crippen LogP contribution in [0, 0.1) is 0 Å². The van der Waals surface area contributed by atoms with E-state index in [4.69, 9.17) is 0 Å². The normalized spacial score (nSPS) is 11.4. The SMILES string of the molecule is CCN(/C=C(/Cc1ccccc1)C(C)=O)CC. The highest BCUT2D eigenvalue weighted by Crippen LogP contribution is 2.10. The zero-order chi connectivity index (χ0) is 12.7. The van der Waals surface area contributed by atoms with Crippen molar-refractivity contribution in [2.75, 3.05) is 13.1 Å².